The van der Waals surface area contributed by atoms with Gasteiger partial charge in [0.2, 0.25) is 0 Å². The first-order chi connectivity index (χ1) is 16.1. The normalized spacial score (nSPS) is 14.1. The van der Waals surface area contributed by atoms with Crippen molar-refractivity contribution in [3.8, 4) is 16.9 Å². The van der Waals surface area contributed by atoms with Crippen LogP contribution in [0.5, 0.6) is 5.75 Å². The minimum absolute atomic E-state index is 0.152. The van der Waals surface area contributed by atoms with Gasteiger partial charge in [0.15, 0.2) is 0 Å². The summed E-state index contributed by atoms with van der Waals surface area (Å²) >= 11 is 0. The molecule has 0 aliphatic carbocycles. The molecule has 0 aliphatic heterocycles. The lowest BCUT2D eigenvalue weighted by Crippen LogP contribution is -2.28. The van der Waals surface area contributed by atoms with Crippen molar-refractivity contribution in [1.29, 1.82) is 0 Å². The Hall–Kier alpha value is -2.97. The molecule has 0 heterocycles. The van der Waals surface area contributed by atoms with Gasteiger partial charge in [0, 0.05) is 0 Å². The van der Waals surface area contributed by atoms with Crippen molar-refractivity contribution in [2.45, 2.75) is 44.0 Å². The van der Waals surface area contributed by atoms with Gasteiger partial charge in [-0.05, 0) is 59.4 Å². The zero-order chi connectivity index (χ0) is 27.9. The van der Waals surface area contributed by atoms with Crippen molar-refractivity contribution in [1.82, 2.24) is 0 Å². The van der Waals surface area contributed by atoms with E-state index in [1.54, 1.807) is 13.8 Å². The molecule has 0 fully saturated rings. The SMILES string of the molecule is CC(C)CC(C(=O)O)c1cc(OS(=O)(=O)C(F)(F)F)cc(-c2cc(C(F)(F)F)cc(C(F)(F)F)c2)c1. The van der Waals surface area contributed by atoms with Crippen LogP contribution in [0, 0.1) is 5.92 Å². The zero-order valence-corrected chi connectivity index (χ0v) is 19.0. The van der Waals surface area contributed by atoms with Crippen LogP contribution in [-0.4, -0.2) is 25.0 Å². The fourth-order valence-corrected chi connectivity index (χ4v) is 3.63. The van der Waals surface area contributed by atoms with Crippen LogP contribution in [-0.2, 0) is 27.3 Å². The van der Waals surface area contributed by atoms with Gasteiger partial charge in [0.1, 0.15) is 5.75 Å². The average molecular weight is 552 g/mol. The maximum Gasteiger partial charge on any atom is 0.534 e. The molecule has 0 spiro atoms. The molecule has 1 atom stereocenters. The van der Waals surface area contributed by atoms with Crippen LogP contribution in [0.25, 0.3) is 11.1 Å². The number of rotatable bonds is 7. The van der Waals surface area contributed by atoms with Gasteiger partial charge in [0.05, 0.1) is 17.0 Å². The third-order valence-corrected chi connectivity index (χ3v) is 5.73. The van der Waals surface area contributed by atoms with E-state index in [2.05, 4.69) is 4.18 Å². The van der Waals surface area contributed by atoms with Gasteiger partial charge >= 0.3 is 33.9 Å². The Balaban J connectivity index is 2.86. The summed E-state index contributed by atoms with van der Waals surface area (Å²) < 4.78 is 145. The number of halogens is 9. The topological polar surface area (TPSA) is 80.7 Å². The van der Waals surface area contributed by atoms with E-state index in [4.69, 9.17) is 0 Å². The molecule has 2 aromatic carbocycles. The van der Waals surface area contributed by atoms with Gasteiger partial charge in [-0.1, -0.05) is 19.9 Å². The van der Waals surface area contributed by atoms with E-state index in [0.717, 1.165) is 6.07 Å². The zero-order valence-electron chi connectivity index (χ0n) is 18.2. The van der Waals surface area contributed by atoms with Crippen molar-refractivity contribution in [2.24, 2.45) is 5.92 Å². The second-order valence-electron chi connectivity index (χ2n) is 8.09. The Bertz CT molecular complexity index is 1200. The summed E-state index contributed by atoms with van der Waals surface area (Å²) in [4.78, 5) is 11.8. The molecule has 0 radical (unpaired) electrons. The Morgan fingerprint density at radius 1 is 0.833 bits per heavy atom. The Morgan fingerprint density at radius 2 is 1.31 bits per heavy atom. The first-order valence-corrected chi connectivity index (χ1v) is 11.2. The molecule has 36 heavy (non-hydrogen) atoms. The van der Waals surface area contributed by atoms with Gasteiger partial charge in [-0.25, -0.2) is 0 Å². The number of benzene rings is 2. The summed E-state index contributed by atoms with van der Waals surface area (Å²) in [5.41, 5.74) is -11.3. The highest BCUT2D eigenvalue weighted by Crippen LogP contribution is 2.41. The lowest BCUT2D eigenvalue weighted by atomic mass is 9.88. The van der Waals surface area contributed by atoms with E-state index in [9.17, 15) is 57.8 Å². The van der Waals surface area contributed by atoms with Gasteiger partial charge < -0.3 is 9.29 Å². The molecular weight excluding hydrogens is 535 g/mol. The van der Waals surface area contributed by atoms with Crippen LogP contribution in [0.4, 0.5) is 39.5 Å². The largest absolute Gasteiger partial charge is 0.534 e. The van der Waals surface area contributed by atoms with E-state index >= 15 is 0 Å². The molecule has 200 valence electrons. The standard InChI is InChI=1S/C21H17F9O5S/c1-10(2)3-17(18(31)32)13-4-11(7-16(8-13)35-36(33,34)21(28,29)30)12-5-14(19(22,23)24)9-15(6-12)20(25,26)27/h4-10,17H,3H2,1-2H3,(H,31,32). The number of hydrogen-bond donors (Lipinski definition) is 1. The highest BCUT2D eigenvalue weighted by atomic mass is 32.2. The van der Waals surface area contributed by atoms with Crippen molar-refractivity contribution in [3.05, 3.63) is 53.1 Å². The first kappa shape index (κ1) is 29.3. The highest BCUT2D eigenvalue weighted by Gasteiger charge is 2.48. The molecule has 1 N–H and O–H groups in total. The summed E-state index contributed by atoms with van der Waals surface area (Å²) in [6.07, 6.45) is -10.7. The summed E-state index contributed by atoms with van der Waals surface area (Å²) in [5, 5.41) is 9.55. The predicted molar refractivity (Wildman–Crippen MR) is 107 cm³/mol. The van der Waals surface area contributed by atoms with E-state index < -0.39 is 73.4 Å². The summed E-state index contributed by atoms with van der Waals surface area (Å²) in [7, 11) is -6.31. The summed E-state index contributed by atoms with van der Waals surface area (Å²) in [6, 6.07) is 2.27. The third kappa shape index (κ3) is 7.04. The quantitative estimate of drug-likeness (QED) is 0.231. The number of carbonyl (C=O) groups is 1. The minimum Gasteiger partial charge on any atom is -0.481 e. The number of alkyl halides is 9. The highest BCUT2D eigenvalue weighted by molar-refractivity contribution is 7.88. The molecule has 2 aromatic rings. The number of hydrogen-bond acceptors (Lipinski definition) is 4. The van der Waals surface area contributed by atoms with Crippen LogP contribution in [0.1, 0.15) is 42.9 Å². The lowest BCUT2D eigenvalue weighted by molar-refractivity contribution is -0.143. The Labute approximate surface area is 198 Å². The molecular formula is C21H17F9O5S. The van der Waals surface area contributed by atoms with Gasteiger partial charge in [-0.2, -0.15) is 47.9 Å². The predicted octanol–water partition coefficient (Wildman–Crippen LogP) is 6.83. The first-order valence-electron chi connectivity index (χ1n) is 9.80. The third-order valence-electron chi connectivity index (χ3n) is 4.75. The van der Waals surface area contributed by atoms with Gasteiger partial charge in [0.25, 0.3) is 0 Å². The molecule has 1 unspecified atom stereocenters. The fraction of sp³-hybridized carbons (Fsp3) is 0.381. The van der Waals surface area contributed by atoms with Gasteiger partial charge in [-0.3, -0.25) is 4.79 Å². The Kier molecular flexibility index (Phi) is 7.99. The van der Waals surface area contributed by atoms with Crippen molar-refractivity contribution >= 4 is 16.1 Å². The van der Waals surface area contributed by atoms with Crippen molar-refractivity contribution < 1.29 is 62.0 Å². The number of aliphatic carboxylic acids is 1. The van der Waals surface area contributed by atoms with Crippen LogP contribution < -0.4 is 4.18 Å². The second kappa shape index (κ2) is 9.82. The van der Waals surface area contributed by atoms with Crippen LogP contribution in [0.15, 0.2) is 36.4 Å². The summed E-state index contributed by atoms with van der Waals surface area (Å²) in [6.45, 7) is 3.15. The van der Waals surface area contributed by atoms with E-state index in [0.29, 0.717) is 12.1 Å². The fourth-order valence-electron chi connectivity index (χ4n) is 3.18. The van der Waals surface area contributed by atoms with Gasteiger partial charge in [-0.15, -0.1) is 0 Å². The van der Waals surface area contributed by atoms with Crippen molar-refractivity contribution in [3.63, 3.8) is 0 Å². The molecule has 5 nitrogen and oxygen atoms in total. The molecule has 0 saturated carbocycles. The lowest BCUT2D eigenvalue weighted by Gasteiger charge is -2.19. The maximum absolute atomic E-state index is 13.3. The van der Waals surface area contributed by atoms with E-state index in [-0.39, 0.29) is 30.5 Å². The molecule has 0 saturated heterocycles. The van der Waals surface area contributed by atoms with Crippen molar-refractivity contribution in [2.75, 3.05) is 0 Å². The van der Waals surface area contributed by atoms with Crippen LogP contribution in [0.3, 0.4) is 0 Å². The number of carboxylic acids is 1. The monoisotopic (exact) mass is 552 g/mol. The number of carboxylic acid groups (broad SMARTS) is 1. The molecule has 0 amide bonds. The molecule has 15 heteroatoms. The molecule has 0 aliphatic rings. The summed E-state index contributed by atoms with van der Waals surface area (Å²) in [5.74, 6) is -4.51. The Morgan fingerprint density at radius 3 is 1.69 bits per heavy atom. The van der Waals surface area contributed by atoms with Crippen LogP contribution in [0.2, 0.25) is 0 Å². The van der Waals surface area contributed by atoms with E-state index in [1.807, 2.05) is 0 Å². The molecule has 0 aromatic heterocycles. The maximum atomic E-state index is 13.3. The van der Waals surface area contributed by atoms with Crippen LogP contribution >= 0.6 is 0 Å². The average Bonchev–Trinajstić information content (AvgIpc) is 2.68. The van der Waals surface area contributed by atoms with E-state index in [1.165, 1.54) is 0 Å². The second-order valence-corrected chi connectivity index (χ2v) is 9.63. The molecule has 0 bridgehead atoms. The smallest absolute Gasteiger partial charge is 0.481 e. The minimum atomic E-state index is -6.31. The molecule has 2 rings (SSSR count).